The Kier molecular flexibility index (Phi) is 4.35. The second kappa shape index (κ2) is 5.32. The summed E-state index contributed by atoms with van der Waals surface area (Å²) >= 11 is 0. The van der Waals surface area contributed by atoms with E-state index in [1.807, 2.05) is 14.0 Å². The molecular formula is C10H21N3O. The van der Waals surface area contributed by atoms with Crippen LogP contribution in [0.4, 0.5) is 0 Å². The van der Waals surface area contributed by atoms with Crippen LogP contribution in [0.5, 0.6) is 0 Å². The van der Waals surface area contributed by atoms with E-state index in [1.165, 1.54) is 6.42 Å². The molecular weight excluding hydrogens is 178 g/mol. The zero-order chi connectivity index (χ0) is 10.6. The maximum Gasteiger partial charge on any atom is 0.234 e. The minimum atomic E-state index is 0.0918. The van der Waals surface area contributed by atoms with E-state index < -0.39 is 0 Å². The lowest BCUT2D eigenvalue weighted by Gasteiger charge is -2.26. The van der Waals surface area contributed by atoms with Crippen molar-refractivity contribution in [3.8, 4) is 0 Å². The highest BCUT2D eigenvalue weighted by Gasteiger charge is 2.27. The number of hydrogen-bond acceptors (Lipinski definition) is 3. The van der Waals surface area contributed by atoms with Crippen LogP contribution in [0, 0.1) is 0 Å². The Labute approximate surface area is 85.8 Å². The molecule has 0 aromatic heterocycles. The second-order valence-electron chi connectivity index (χ2n) is 4.03. The Morgan fingerprint density at radius 2 is 2.29 bits per heavy atom. The average molecular weight is 199 g/mol. The molecule has 1 rings (SSSR count). The summed E-state index contributed by atoms with van der Waals surface area (Å²) in [7, 11) is 1.98. The number of carbonyl (C=O) groups is 1. The quantitative estimate of drug-likeness (QED) is 0.666. The van der Waals surface area contributed by atoms with Crippen molar-refractivity contribution in [3.63, 3.8) is 0 Å². The first-order valence-electron chi connectivity index (χ1n) is 5.37. The van der Waals surface area contributed by atoms with E-state index in [1.54, 1.807) is 0 Å². The molecule has 0 aromatic carbocycles. The molecule has 1 fully saturated rings. The molecule has 0 radical (unpaired) electrons. The lowest BCUT2D eigenvalue weighted by atomic mass is 10.1. The van der Waals surface area contributed by atoms with Crippen molar-refractivity contribution in [2.24, 2.45) is 5.73 Å². The van der Waals surface area contributed by atoms with Crippen LogP contribution in [0.2, 0.25) is 0 Å². The van der Waals surface area contributed by atoms with Gasteiger partial charge in [-0.1, -0.05) is 6.42 Å². The molecule has 1 aliphatic carbocycles. The first kappa shape index (κ1) is 11.5. The van der Waals surface area contributed by atoms with Crippen molar-refractivity contribution < 1.29 is 4.79 Å². The standard InChI is InChI=1S/C10H21N3O/c1-3-12-10(14)7-13(2)9-6-4-5-8(9)11/h8-9H,3-7,11H2,1-2H3,(H,12,14). The maximum atomic E-state index is 11.3. The number of hydrogen-bond donors (Lipinski definition) is 2. The van der Waals surface area contributed by atoms with Crippen LogP contribution in [0.1, 0.15) is 26.2 Å². The first-order valence-corrected chi connectivity index (χ1v) is 5.37. The number of likely N-dealkylation sites (N-methyl/N-ethyl adjacent to an activating group) is 2. The summed E-state index contributed by atoms with van der Waals surface area (Å²) in [6, 6.07) is 0.632. The first-order chi connectivity index (χ1) is 6.65. The van der Waals surface area contributed by atoms with Gasteiger partial charge in [-0.3, -0.25) is 9.69 Å². The van der Waals surface area contributed by atoms with Gasteiger partial charge >= 0.3 is 0 Å². The van der Waals surface area contributed by atoms with Gasteiger partial charge in [-0.15, -0.1) is 0 Å². The van der Waals surface area contributed by atoms with Crippen molar-refractivity contribution >= 4 is 5.91 Å². The monoisotopic (exact) mass is 199 g/mol. The molecule has 2 unspecified atom stereocenters. The normalized spacial score (nSPS) is 26.9. The van der Waals surface area contributed by atoms with E-state index in [9.17, 15) is 4.79 Å². The molecule has 82 valence electrons. The van der Waals surface area contributed by atoms with Gasteiger partial charge in [-0.05, 0) is 26.8 Å². The zero-order valence-corrected chi connectivity index (χ0v) is 9.12. The molecule has 1 saturated carbocycles. The van der Waals surface area contributed by atoms with Gasteiger partial charge < -0.3 is 11.1 Å². The van der Waals surface area contributed by atoms with Crippen molar-refractivity contribution in [1.29, 1.82) is 0 Å². The molecule has 14 heavy (non-hydrogen) atoms. The fourth-order valence-corrected chi connectivity index (χ4v) is 2.11. The SMILES string of the molecule is CCNC(=O)CN(C)C1CCCC1N. The Bertz CT molecular complexity index is 196. The van der Waals surface area contributed by atoms with Gasteiger partial charge in [0.2, 0.25) is 5.91 Å². The highest BCUT2D eigenvalue weighted by atomic mass is 16.2. The number of nitrogens with one attached hydrogen (secondary N) is 1. The molecule has 1 aliphatic rings. The summed E-state index contributed by atoms with van der Waals surface area (Å²) in [5.74, 6) is 0.0918. The molecule has 0 heterocycles. The summed E-state index contributed by atoms with van der Waals surface area (Å²) < 4.78 is 0. The molecule has 0 saturated heterocycles. The van der Waals surface area contributed by atoms with Crippen LogP contribution in [-0.4, -0.2) is 43.0 Å². The third-order valence-electron chi connectivity index (χ3n) is 2.86. The largest absolute Gasteiger partial charge is 0.355 e. The summed E-state index contributed by atoms with van der Waals surface area (Å²) in [4.78, 5) is 13.4. The molecule has 1 amide bonds. The summed E-state index contributed by atoms with van der Waals surface area (Å²) in [5.41, 5.74) is 5.96. The van der Waals surface area contributed by atoms with Gasteiger partial charge in [0, 0.05) is 18.6 Å². The van der Waals surface area contributed by atoms with E-state index in [2.05, 4.69) is 10.2 Å². The zero-order valence-electron chi connectivity index (χ0n) is 9.12. The minimum absolute atomic E-state index is 0.0918. The van der Waals surface area contributed by atoms with Crippen molar-refractivity contribution in [2.75, 3.05) is 20.1 Å². The molecule has 0 aliphatic heterocycles. The smallest absolute Gasteiger partial charge is 0.234 e. The Morgan fingerprint density at radius 1 is 1.57 bits per heavy atom. The van der Waals surface area contributed by atoms with E-state index in [0.29, 0.717) is 19.1 Å². The van der Waals surface area contributed by atoms with Gasteiger partial charge in [0.15, 0.2) is 0 Å². The van der Waals surface area contributed by atoms with Crippen molar-refractivity contribution in [2.45, 2.75) is 38.3 Å². The van der Waals surface area contributed by atoms with Gasteiger partial charge in [0.05, 0.1) is 6.54 Å². The summed E-state index contributed by atoms with van der Waals surface area (Å²) in [6.07, 6.45) is 3.40. The number of rotatable bonds is 4. The summed E-state index contributed by atoms with van der Waals surface area (Å²) in [6.45, 7) is 3.09. The van der Waals surface area contributed by atoms with E-state index in [4.69, 9.17) is 5.73 Å². The van der Waals surface area contributed by atoms with Crippen LogP contribution in [0.15, 0.2) is 0 Å². The van der Waals surface area contributed by atoms with Crippen molar-refractivity contribution in [3.05, 3.63) is 0 Å². The lowest BCUT2D eigenvalue weighted by molar-refractivity contribution is -0.122. The maximum absolute atomic E-state index is 11.3. The predicted octanol–water partition coefficient (Wildman–Crippen LogP) is -0.0659. The fourth-order valence-electron chi connectivity index (χ4n) is 2.11. The fraction of sp³-hybridized carbons (Fsp3) is 0.900. The number of nitrogens with zero attached hydrogens (tertiary/aromatic N) is 1. The molecule has 0 aromatic rings. The highest BCUT2D eigenvalue weighted by molar-refractivity contribution is 5.77. The lowest BCUT2D eigenvalue weighted by Crippen LogP contribution is -2.46. The molecule has 3 N–H and O–H groups in total. The Morgan fingerprint density at radius 3 is 2.79 bits per heavy atom. The topological polar surface area (TPSA) is 58.4 Å². The van der Waals surface area contributed by atoms with Crippen LogP contribution < -0.4 is 11.1 Å². The predicted molar refractivity (Wildman–Crippen MR) is 56.9 cm³/mol. The summed E-state index contributed by atoms with van der Waals surface area (Å²) in [5, 5.41) is 2.79. The van der Waals surface area contributed by atoms with Crippen LogP contribution in [0.25, 0.3) is 0 Å². The molecule has 2 atom stereocenters. The van der Waals surface area contributed by atoms with Gasteiger partial charge in [-0.2, -0.15) is 0 Å². The number of amides is 1. The molecule has 0 spiro atoms. The van der Waals surface area contributed by atoms with Gasteiger partial charge in [-0.25, -0.2) is 0 Å². The Hall–Kier alpha value is -0.610. The third kappa shape index (κ3) is 2.96. The third-order valence-corrected chi connectivity index (χ3v) is 2.86. The second-order valence-corrected chi connectivity index (χ2v) is 4.03. The minimum Gasteiger partial charge on any atom is -0.355 e. The van der Waals surface area contributed by atoms with E-state index >= 15 is 0 Å². The number of nitrogens with two attached hydrogens (primary N) is 1. The van der Waals surface area contributed by atoms with Crippen LogP contribution in [0.3, 0.4) is 0 Å². The van der Waals surface area contributed by atoms with E-state index in [-0.39, 0.29) is 11.9 Å². The Balaban J connectivity index is 2.33. The molecule has 0 bridgehead atoms. The average Bonchev–Trinajstić information content (AvgIpc) is 2.51. The van der Waals surface area contributed by atoms with Crippen LogP contribution in [-0.2, 0) is 4.79 Å². The molecule has 4 heteroatoms. The van der Waals surface area contributed by atoms with Gasteiger partial charge in [0.1, 0.15) is 0 Å². The van der Waals surface area contributed by atoms with E-state index in [0.717, 1.165) is 12.8 Å². The highest BCUT2D eigenvalue weighted by Crippen LogP contribution is 2.21. The van der Waals surface area contributed by atoms with Crippen LogP contribution >= 0.6 is 0 Å². The van der Waals surface area contributed by atoms with Gasteiger partial charge in [0.25, 0.3) is 0 Å². The molecule has 4 nitrogen and oxygen atoms in total. The van der Waals surface area contributed by atoms with Crippen molar-refractivity contribution in [1.82, 2.24) is 10.2 Å². The number of carbonyl (C=O) groups excluding carboxylic acids is 1.